The predicted molar refractivity (Wildman–Crippen MR) is 139 cm³/mol. The van der Waals surface area contributed by atoms with Crippen LogP contribution in [0.15, 0.2) is 115 Å². The Morgan fingerprint density at radius 3 is 1.50 bits per heavy atom. The van der Waals surface area contributed by atoms with Crippen molar-refractivity contribution in [1.29, 1.82) is 0 Å². The van der Waals surface area contributed by atoms with Crippen LogP contribution in [0, 0.1) is 10.1 Å². The van der Waals surface area contributed by atoms with Crippen LogP contribution in [-0.2, 0) is 32.5 Å². The second-order valence-corrected chi connectivity index (χ2v) is 20.4. The van der Waals surface area contributed by atoms with Crippen LogP contribution >= 0.6 is 7.26 Å². The molecule has 0 aliphatic heterocycles. The number of alkyl halides is 3. The van der Waals surface area contributed by atoms with E-state index in [1.54, 1.807) is 54.6 Å². The van der Waals surface area contributed by atoms with Gasteiger partial charge in [0, 0.05) is 0 Å². The maximum Gasteiger partial charge on any atom is -1.00 e. The molecule has 4 rings (SSSR count). The van der Waals surface area contributed by atoms with Gasteiger partial charge in [-0.15, -0.1) is 0 Å². The van der Waals surface area contributed by atoms with E-state index in [1.807, 2.05) is 36.4 Å². The van der Waals surface area contributed by atoms with Crippen molar-refractivity contribution in [1.82, 2.24) is 0 Å². The minimum atomic E-state index is -5.20. The molecule has 1 atom stereocenters. The van der Waals surface area contributed by atoms with Gasteiger partial charge in [0.2, 0.25) is 0 Å². The standard InChI is InChI=1S/C26H20NO3P.C2HF3O2.BrH.Hg/c28-26(21-16-18-22(19-17-21)27(29)30)20-31(23-10-4-1-5-11-23,24-12-6-2-7-13-24)25-14-8-3-9-15-25;3-2(4,5)1(6)7;;/h1-20H;(H,6,7);1H;/q+1;;;+1/p-2. The van der Waals surface area contributed by atoms with Crippen LogP contribution in [-0.4, -0.2) is 26.0 Å². The van der Waals surface area contributed by atoms with Crippen LogP contribution in [0.3, 0.4) is 0 Å². The number of rotatable bonds is 9. The fraction of sp³-hybridized carbons (Fsp3) is 0.0714. The van der Waals surface area contributed by atoms with Crippen molar-refractivity contribution in [2.75, 3.05) is 0 Å². The number of nitro benzene ring substituents is 1. The number of nitrogens with zero attached hydrogens (tertiary/aromatic N) is 1. The van der Waals surface area contributed by atoms with Crippen molar-refractivity contribution in [2.45, 2.75) is 9.34 Å². The first kappa shape index (κ1) is 31.6. The molecule has 4 aromatic rings. The maximum atomic E-state index is 14.3. The summed E-state index contributed by atoms with van der Waals surface area (Å²) in [7, 11) is -3.05. The number of nitro groups is 1. The summed E-state index contributed by atoms with van der Waals surface area (Å²) in [6.45, 7) is 0. The summed E-state index contributed by atoms with van der Waals surface area (Å²) in [5, 5.41) is 13.4. The van der Waals surface area contributed by atoms with E-state index in [4.69, 9.17) is 2.64 Å². The van der Waals surface area contributed by atoms with Crippen molar-refractivity contribution in [2.24, 2.45) is 0 Å². The van der Waals surface area contributed by atoms with Crippen LogP contribution < -0.4 is 32.9 Å². The van der Waals surface area contributed by atoms with Crippen molar-refractivity contribution in [3.05, 3.63) is 131 Å². The van der Waals surface area contributed by atoms with Crippen LogP contribution in [0.2, 0.25) is 0 Å². The van der Waals surface area contributed by atoms with Gasteiger partial charge in [-0.2, -0.15) is 0 Å². The number of benzene rings is 4. The molecule has 0 N–H and O–H groups in total. The summed E-state index contributed by atoms with van der Waals surface area (Å²) >= 11 is -3.58. The van der Waals surface area contributed by atoms with Gasteiger partial charge in [-0.25, -0.2) is 0 Å². The number of Topliss-reactive ketones (excluding diaryl/α,β-unsaturated/α-hetero) is 1. The molecule has 6 nitrogen and oxygen atoms in total. The normalized spacial score (nSPS) is 11.9. The fourth-order valence-corrected chi connectivity index (χ4v) is 23.1. The van der Waals surface area contributed by atoms with Crippen LogP contribution in [0.25, 0.3) is 0 Å². The third kappa shape index (κ3) is 6.67. The average Bonchev–Trinajstić information content (AvgIpc) is 2.96. The third-order valence-electron chi connectivity index (χ3n) is 6.23. The zero-order valence-electron chi connectivity index (χ0n) is 20.7. The molecular weight excluding hydrogens is 799 g/mol. The Morgan fingerprint density at radius 2 is 1.15 bits per heavy atom. The zero-order valence-corrected chi connectivity index (χ0v) is 28.7. The van der Waals surface area contributed by atoms with E-state index in [1.165, 1.54) is 24.3 Å². The van der Waals surface area contributed by atoms with Gasteiger partial charge in [-0.1, -0.05) is 0 Å². The molecule has 202 valence electrons. The van der Waals surface area contributed by atoms with E-state index in [-0.39, 0.29) is 28.2 Å². The Hall–Kier alpha value is -2.94. The smallest absolute Gasteiger partial charge is 1.00 e. The van der Waals surface area contributed by atoms with Crippen molar-refractivity contribution >= 4 is 40.6 Å². The molecule has 1 unspecified atom stereocenters. The number of hydrogen-bond acceptors (Lipinski definition) is 5. The number of ketones is 1. The Kier molecular flexibility index (Phi) is 10.7. The molecule has 0 heterocycles. The molecule has 12 heteroatoms. The summed E-state index contributed by atoms with van der Waals surface area (Å²) in [4.78, 5) is 36.8. The molecule has 0 amide bonds. The molecule has 0 bridgehead atoms. The monoisotopic (exact) mass is 819 g/mol. The van der Waals surface area contributed by atoms with E-state index in [2.05, 4.69) is 0 Å². The van der Waals surface area contributed by atoms with Crippen molar-refractivity contribution in [3.8, 4) is 0 Å². The van der Waals surface area contributed by atoms with E-state index in [0.717, 1.165) is 15.9 Å². The molecule has 0 saturated heterocycles. The first-order valence-corrected chi connectivity index (χ1v) is 19.0. The molecule has 0 aliphatic carbocycles. The minimum Gasteiger partial charge on any atom is -1.00 e. The number of non-ortho nitro benzene ring substituents is 1. The Balaban J connectivity index is 0.00000441. The Bertz CT molecular complexity index is 1360. The number of carbonyl (C=O) groups is 2. The van der Waals surface area contributed by atoms with Gasteiger partial charge in [0.1, 0.15) is 0 Å². The number of hydrogen-bond donors (Lipinski definition) is 0. The number of carbonyl (C=O) groups excluding carboxylic acids is 2. The molecule has 0 aliphatic rings. The Morgan fingerprint density at radius 1 is 0.750 bits per heavy atom. The quantitative estimate of drug-likeness (QED) is 0.0852. The van der Waals surface area contributed by atoms with Gasteiger partial charge >= 0.3 is 236 Å². The second kappa shape index (κ2) is 13.6. The predicted octanol–water partition coefficient (Wildman–Crippen LogP) is 2.20. The SMILES string of the molecule is O=C(c1ccc([N+](=O)[O-])cc1)[CH]([Hg][O]C(=O)C(F)(F)F)[P+](c1ccccc1)(c1ccccc1)c1ccccc1.[Br-]. The molecular formula is C28H20BrF3HgNO5P. The summed E-state index contributed by atoms with van der Waals surface area (Å²) in [5.41, 5.74) is -0.132. The molecule has 0 spiro atoms. The molecule has 40 heavy (non-hydrogen) atoms. The van der Waals surface area contributed by atoms with Crippen LogP contribution in [0.1, 0.15) is 10.4 Å². The molecule has 0 aromatic heterocycles. The molecule has 0 saturated carbocycles. The van der Waals surface area contributed by atoms with E-state index >= 15 is 0 Å². The molecule has 0 fully saturated rings. The minimum absolute atomic E-state index is 0. The van der Waals surface area contributed by atoms with Crippen molar-refractivity contribution in [3.63, 3.8) is 0 Å². The van der Waals surface area contributed by atoms with Gasteiger partial charge in [0.25, 0.3) is 0 Å². The summed E-state index contributed by atoms with van der Waals surface area (Å²) < 4.78 is 43.6. The van der Waals surface area contributed by atoms with Gasteiger partial charge in [-0.3, -0.25) is 0 Å². The first-order chi connectivity index (χ1) is 18.7. The van der Waals surface area contributed by atoms with Crippen LogP contribution in [0.5, 0.6) is 0 Å². The van der Waals surface area contributed by atoms with E-state index < -0.39 is 58.3 Å². The number of halogens is 4. The first-order valence-electron chi connectivity index (χ1n) is 11.7. The van der Waals surface area contributed by atoms with Crippen molar-refractivity contribution < 1.29 is 72.3 Å². The fourth-order valence-electron chi connectivity index (χ4n) is 4.52. The van der Waals surface area contributed by atoms with Gasteiger partial charge in [-0.05, 0) is 0 Å². The topological polar surface area (TPSA) is 86.5 Å². The third-order valence-corrected chi connectivity index (χ3v) is 22.8. The summed E-state index contributed by atoms with van der Waals surface area (Å²) in [6.07, 6.45) is -5.20. The van der Waals surface area contributed by atoms with Gasteiger partial charge in [0.15, 0.2) is 0 Å². The maximum absolute atomic E-state index is 14.3. The van der Waals surface area contributed by atoms with Gasteiger partial charge in [0.05, 0.1) is 0 Å². The summed E-state index contributed by atoms with van der Waals surface area (Å²) in [5.74, 6) is -2.82. The molecule has 0 radical (unpaired) electrons. The largest absolute Gasteiger partial charge is 1.00 e. The average molecular weight is 819 g/mol. The van der Waals surface area contributed by atoms with E-state index in [0.29, 0.717) is 0 Å². The van der Waals surface area contributed by atoms with Gasteiger partial charge < -0.3 is 17.0 Å². The van der Waals surface area contributed by atoms with Crippen LogP contribution in [0.4, 0.5) is 18.9 Å². The summed E-state index contributed by atoms with van der Waals surface area (Å²) in [6, 6.07) is 32.1. The van der Waals surface area contributed by atoms with E-state index in [9.17, 15) is 32.9 Å². The zero-order chi connectivity index (χ0) is 28.0. The Labute approximate surface area is 251 Å². The second-order valence-electron chi connectivity index (χ2n) is 8.51. The molecule has 4 aromatic carbocycles.